The molecule has 0 spiro atoms. The van der Waals surface area contributed by atoms with E-state index < -0.39 is 0 Å². The van der Waals surface area contributed by atoms with Gasteiger partial charge in [-0.1, -0.05) is 12.1 Å². The minimum absolute atomic E-state index is 0.343. The van der Waals surface area contributed by atoms with Gasteiger partial charge in [-0.3, -0.25) is 11.3 Å². The molecule has 1 fully saturated rings. The Bertz CT molecular complexity index is 399. The summed E-state index contributed by atoms with van der Waals surface area (Å²) in [4.78, 5) is 2.43. The Morgan fingerprint density at radius 3 is 2.80 bits per heavy atom. The average Bonchev–Trinajstić information content (AvgIpc) is 2.50. The van der Waals surface area contributed by atoms with Crippen molar-refractivity contribution in [1.29, 1.82) is 0 Å². The van der Waals surface area contributed by atoms with Gasteiger partial charge in [-0.15, -0.1) is 0 Å². The monoisotopic (exact) mass is 295 g/mol. The van der Waals surface area contributed by atoms with Crippen LogP contribution in [0.15, 0.2) is 24.3 Å². The lowest BCUT2D eigenvalue weighted by Gasteiger charge is -2.37. The molecule has 1 saturated heterocycles. The Morgan fingerprint density at radius 2 is 2.20 bits per heavy atom. The van der Waals surface area contributed by atoms with E-state index in [0.29, 0.717) is 12.1 Å². The van der Waals surface area contributed by atoms with Crippen molar-refractivity contribution in [2.75, 3.05) is 32.2 Å². The van der Waals surface area contributed by atoms with E-state index >= 15 is 0 Å². The Labute approximate surface area is 126 Å². The van der Waals surface area contributed by atoms with Crippen LogP contribution in [0, 0.1) is 0 Å². The number of benzene rings is 1. The van der Waals surface area contributed by atoms with E-state index in [1.807, 2.05) is 23.9 Å². The third kappa shape index (κ3) is 4.12. The number of rotatable bonds is 6. The maximum absolute atomic E-state index is 5.77. The lowest BCUT2D eigenvalue weighted by Crippen LogP contribution is -2.54. The Hall–Kier alpha value is -0.750. The van der Waals surface area contributed by atoms with Crippen molar-refractivity contribution in [3.8, 4) is 5.75 Å². The molecule has 0 aromatic heterocycles. The van der Waals surface area contributed by atoms with Gasteiger partial charge in [0, 0.05) is 30.1 Å². The zero-order valence-corrected chi connectivity index (χ0v) is 13.2. The first kappa shape index (κ1) is 15.6. The summed E-state index contributed by atoms with van der Waals surface area (Å²) in [5.41, 5.74) is 4.35. The number of hydrogen-bond donors (Lipinski definition) is 2. The summed E-state index contributed by atoms with van der Waals surface area (Å²) in [5, 5.41) is 0. The van der Waals surface area contributed by atoms with E-state index in [-0.39, 0.29) is 0 Å². The van der Waals surface area contributed by atoms with Crippen LogP contribution < -0.4 is 16.0 Å². The van der Waals surface area contributed by atoms with E-state index in [0.717, 1.165) is 30.9 Å². The van der Waals surface area contributed by atoms with Crippen LogP contribution in [0.3, 0.4) is 0 Å². The first-order chi connectivity index (χ1) is 9.74. The molecule has 1 aliphatic heterocycles. The van der Waals surface area contributed by atoms with Gasteiger partial charge in [0.05, 0.1) is 7.11 Å². The molecule has 1 aromatic rings. The van der Waals surface area contributed by atoms with Gasteiger partial charge in [0.2, 0.25) is 0 Å². The third-order valence-corrected chi connectivity index (χ3v) is 5.07. The summed E-state index contributed by atoms with van der Waals surface area (Å²) < 4.78 is 5.18. The zero-order chi connectivity index (χ0) is 14.4. The largest absolute Gasteiger partial charge is 0.497 e. The molecular formula is C15H25N3OS. The van der Waals surface area contributed by atoms with Crippen LogP contribution in [0.25, 0.3) is 0 Å². The van der Waals surface area contributed by atoms with E-state index in [4.69, 9.17) is 10.6 Å². The molecule has 1 aliphatic rings. The van der Waals surface area contributed by atoms with Crippen LogP contribution >= 0.6 is 11.8 Å². The lowest BCUT2D eigenvalue weighted by molar-refractivity contribution is 0.209. The summed E-state index contributed by atoms with van der Waals surface area (Å²) in [6.07, 6.45) is 2.09. The maximum Gasteiger partial charge on any atom is 0.118 e. The first-order valence-corrected chi connectivity index (χ1v) is 8.27. The standard InChI is InChI=1S/C15H25N3OS/c1-18-9-10-20-11-15(18)14(17-16)8-5-12-3-6-13(19-2)7-4-12/h3-4,6-7,14-15,17H,5,8-11,16H2,1-2H3. The summed E-state index contributed by atoms with van der Waals surface area (Å²) in [6, 6.07) is 9.16. The molecule has 3 N–H and O–H groups in total. The number of nitrogens with zero attached hydrogens (tertiary/aromatic N) is 1. The smallest absolute Gasteiger partial charge is 0.118 e. The molecule has 112 valence electrons. The van der Waals surface area contributed by atoms with Gasteiger partial charge < -0.3 is 9.64 Å². The summed E-state index contributed by atoms with van der Waals surface area (Å²) in [5.74, 6) is 9.06. The van der Waals surface area contributed by atoms with Gasteiger partial charge >= 0.3 is 0 Å². The van der Waals surface area contributed by atoms with Crippen LogP contribution in [0.5, 0.6) is 5.75 Å². The molecule has 0 saturated carbocycles. The normalized spacial score (nSPS) is 21.6. The quantitative estimate of drug-likeness (QED) is 0.615. The van der Waals surface area contributed by atoms with Crippen molar-refractivity contribution in [2.45, 2.75) is 24.9 Å². The molecule has 2 unspecified atom stereocenters. The van der Waals surface area contributed by atoms with Gasteiger partial charge in [-0.05, 0) is 37.6 Å². The topological polar surface area (TPSA) is 50.5 Å². The number of methoxy groups -OCH3 is 1. The van der Waals surface area contributed by atoms with E-state index in [1.165, 1.54) is 11.3 Å². The minimum Gasteiger partial charge on any atom is -0.497 e. The highest BCUT2D eigenvalue weighted by Gasteiger charge is 2.26. The highest BCUT2D eigenvalue weighted by molar-refractivity contribution is 7.99. The predicted molar refractivity (Wildman–Crippen MR) is 86.2 cm³/mol. The van der Waals surface area contributed by atoms with Gasteiger partial charge in [0.25, 0.3) is 0 Å². The summed E-state index contributed by atoms with van der Waals surface area (Å²) >= 11 is 2.02. The summed E-state index contributed by atoms with van der Waals surface area (Å²) in [7, 11) is 3.89. The molecular weight excluding hydrogens is 270 g/mol. The third-order valence-electron chi connectivity index (χ3n) is 4.02. The fourth-order valence-electron chi connectivity index (χ4n) is 2.63. The van der Waals surface area contributed by atoms with E-state index in [2.05, 4.69) is 29.5 Å². The second-order valence-electron chi connectivity index (χ2n) is 5.28. The molecule has 1 heterocycles. The van der Waals surface area contributed by atoms with Crippen molar-refractivity contribution < 1.29 is 4.74 Å². The van der Waals surface area contributed by atoms with Crippen LogP contribution in [0.2, 0.25) is 0 Å². The molecule has 0 aliphatic carbocycles. The van der Waals surface area contributed by atoms with Crippen LogP contribution in [-0.2, 0) is 6.42 Å². The van der Waals surface area contributed by atoms with Crippen molar-refractivity contribution in [3.63, 3.8) is 0 Å². The molecule has 0 bridgehead atoms. The van der Waals surface area contributed by atoms with Crippen molar-refractivity contribution in [3.05, 3.63) is 29.8 Å². The minimum atomic E-state index is 0.343. The molecule has 0 radical (unpaired) electrons. The average molecular weight is 295 g/mol. The molecule has 4 nitrogen and oxygen atoms in total. The van der Waals surface area contributed by atoms with Gasteiger partial charge in [-0.25, -0.2) is 0 Å². The number of aryl methyl sites for hydroxylation is 1. The first-order valence-electron chi connectivity index (χ1n) is 7.11. The molecule has 2 atom stereocenters. The fourth-order valence-corrected chi connectivity index (χ4v) is 3.94. The Kier molecular flexibility index (Phi) is 6.16. The predicted octanol–water partition coefficient (Wildman–Crippen LogP) is 1.51. The fraction of sp³-hybridized carbons (Fsp3) is 0.600. The van der Waals surface area contributed by atoms with Crippen LogP contribution in [0.4, 0.5) is 0 Å². The number of likely N-dealkylation sites (N-methyl/N-ethyl adjacent to an activating group) is 1. The molecule has 0 amide bonds. The van der Waals surface area contributed by atoms with E-state index in [1.54, 1.807) is 7.11 Å². The van der Waals surface area contributed by atoms with Crippen LogP contribution in [-0.4, -0.2) is 49.2 Å². The van der Waals surface area contributed by atoms with Crippen molar-refractivity contribution >= 4 is 11.8 Å². The maximum atomic E-state index is 5.77. The zero-order valence-electron chi connectivity index (χ0n) is 12.3. The Balaban J connectivity index is 1.89. The molecule has 2 rings (SSSR count). The second kappa shape index (κ2) is 7.88. The second-order valence-corrected chi connectivity index (χ2v) is 6.43. The van der Waals surface area contributed by atoms with Gasteiger partial charge in [0.15, 0.2) is 0 Å². The SMILES string of the molecule is COc1ccc(CCC(NN)C2CSCCN2C)cc1. The highest BCUT2D eigenvalue weighted by Crippen LogP contribution is 2.20. The van der Waals surface area contributed by atoms with Crippen molar-refractivity contribution in [2.24, 2.45) is 5.84 Å². The number of thioether (sulfide) groups is 1. The number of ether oxygens (including phenoxy) is 1. The molecule has 20 heavy (non-hydrogen) atoms. The number of hydrazine groups is 1. The Morgan fingerprint density at radius 1 is 1.45 bits per heavy atom. The number of hydrogen-bond acceptors (Lipinski definition) is 5. The number of nitrogens with two attached hydrogens (primary N) is 1. The number of nitrogens with one attached hydrogen (secondary N) is 1. The summed E-state index contributed by atoms with van der Waals surface area (Å²) in [6.45, 7) is 1.15. The van der Waals surface area contributed by atoms with Crippen molar-refractivity contribution in [1.82, 2.24) is 10.3 Å². The van der Waals surface area contributed by atoms with Gasteiger partial charge in [0.1, 0.15) is 5.75 Å². The van der Waals surface area contributed by atoms with E-state index in [9.17, 15) is 0 Å². The lowest BCUT2D eigenvalue weighted by atomic mass is 10.00. The van der Waals surface area contributed by atoms with Crippen LogP contribution in [0.1, 0.15) is 12.0 Å². The molecule has 1 aromatic carbocycles. The van der Waals surface area contributed by atoms with Gasteiger partial charge in [-0.2, -0.15) is 11.8 Å². The molecule has 5 heteroatoms. The highest BCUT2D eigenvalue weighted by atomic mass is 32.2.